The van der Waals surface area contributed by atoms with E-state index in [0.717, 1.165) is 0 Å². The summed E-state index contributed by atoms with van der Waals surface area (Å²) in [6.45, 7) is 0. The maximum absolute atomic E-state index is 11.1. The lowest BCUT2D eigenvalue weighted by Gasteiger charge is -1.76. The summed E-state index contributed by atoms with van der Waals surface area (Å²) in [4.78, 5) is 18.5. The minimum Gasteiger partial charge on any atom is -0.474 e. The van der Waals surface area contributed by atoms with Gasteiger partial charge in [-0.2, -0.15) is 0 Å². The Morgan fingerprint density at radius 1 is 1.36 bits per heavy atom. The number of amides is 1. The number of nitrogens with two attached hydrogens (primary N) is 1. The highest BCUT2D eigenvalue weighted by Crippen LogP contribution is 2.40. The van der Waals surface area contributed by atoms with Crippen molar-refractivity contribution in [1.82, 2.24) is 0 Å². The molecule has 0 aromatic heterocycles. The van der Waals surface area contributed by atoms with E-state index in [1.54, 1.807) is 0 Å². The van der Waals surface area contributed by atoms with Crippen molar-refractivity contribution in [1.29, 1.82) is 0 Å². The molecule has 0 aliphatic heterocycles. The van der Waals surface area contributed by atoms with Crippen molar-refractivity contribution in [3.05, 3.63) is 0 Å². The molecule has 1 amide bonds. The first-order chi connectivity index (χ1) is 4.85. The van der Waals surface area contributed by atoms with Crippen molar-refractivity contribution in [3.8, 4) is 0 Å². The topological polar surface area (TPSA) is 80.4 Å². The van der Waals surface area contributed by atoms with Gasteiger partial charge in [0.1, 0.15) is 0 Å². The van der Waals surface area contributed by atoms with E-state index < -0.39 is 17.8 Å². The van der Waals surface area contributed by atoms with E-state index in [9.17, 15) is 18.4 Å². The third-order valence-electron chi connectivity index (χ3n) is 0.839. The summed E-state index contributed by atoms with van der Waals surface area (Å²) in [7, 11) is 0. The molecular weight excluding hydrogens is 160 g/mol. The lowest BCUT2D eigenvalue weighted by Crippen LogP contribution is -2.21. The molecule has 0 radical (unpaired) electrons. The first-order valence-electron chi connectivity index (χ1n) is 2.76. The lowest BCUT2D eigenvalue weighted by molar-refractivity contribution is -0.148. The van der Waals surface area contributed by atoms with Gasteiger partial charge in [0.05, 0.1) is 0 Å². The number of primary amides is 1. The van der Waals surface area contributed by atoms with Crippen LogP contribution in [0.3, 0.4) is 0 Å². The van der Waals surface area contributed by atoms with Gasteiger partial charge in [-0.3, -0.25) is 4.79 Å². The van der Waals surface area contributed by atoms with Crippen LogP contribution in [0.2, 0.25) is 0 Å². The molecule has 0 spiro atoms. The number of carboxylic acids is 1. The highest BCUT2D eigenvalue weighted by Gasteiger charge is 2.43. The Bertz CT molecular complexity index is 163. The standard InChI is InChI=1S/C3H4F2.C2H3NO3/c4-3(5)1-2-3;3-1(4)2(5)6/h1-2H2;(H2,3,4)(H,5,6). The molecule has 64 valence electrons. The average Bonchev–Trinajstić information content (AvgIpc) is 2.47. The van der Waals surface area contributed by atoms with Crippen LogP contribution in [0.25, 0.3) is 0 Å². The molecule has 1 fully saturated rings. The van der Waals surface area contributed by atoms with Gasteiger partial charge in [-0.15, -0.1) is 0 Å². The molecule has 1 rings (SSSR count). The van der Waals surface area contributed by atoms with Crippen LogP contribution >= 0.6 is 0 Å². The minimum atomic E-state index is -2.25. The van der Waals surface area contributed by atoms with Gasteiger partial charge in [0, 0.05) is 12.8 Å². The normalized spacial score (nSPS) is 17.6. The third kappa shape index (κ3) is 6.69. The highest BCUT2D eigenvalue weighted by molar-refractivity contribution is 6.30. The number of carboxylic acid groups (broad SMARTS) is 1. The second-order valence-electron chi connectivity index (χ2n) is 2.03. The Labute approximate surface area is 61.0 Å². The van der Waals surface area contributed by atoms with Crippen molar-refractivity contribution < 1.29 is 23.5 Å². The second-order valence-corrected chi connectivity index (χ2v) is 2.03. The molecule has 1 aliphatic rings. The van der Waals surface area contributed by atoms with Crippen LogP contribution in [0.15, 0.2) is 0 Å². The van der Waals surface area contributed by atoms with Crippen LogP contribution < -0.4 is 5.73 Å². The molecule has 1 saturated carbocycles. The van der Waals surface area contributed by atoms with Crippen molar-refractivity contribution in [2.45, 2.75) is 18.8 Å². The van der Waals surface area contributed by atoms with Gasteiger partial charge in [0.25, 0.3) is 0 Å². The molecule has 0 bridgehead atoms. The first kappa shape index (κ1) is 9.80. The van der Waals surface area contributed by atoms with Crippen LogP contribution in [-0.4, -0.2) is 22.9 Å². The zero-order valence-electron chi connectivity index (χ0n) is 5.51. The summed E-state index contributed by atoms with van der Waals surface area (Å²) in [6, 6.07) is 0. The Hall–Kier alpha value is -1.20. The minimum absolute atomic E-state index is 0.118. The quantitative estimate of drug-likeness (QED) is 0.497. The maximum Gasteiger partial charge on any atom is 0.394 e. The number of alkyl halides is 2. The number of carbonyl (C=O) groups is 2. The summed E-state index contributed by atoms with van der Waals surface area (Å²) in [5.74, 6) is -5.18. The lowest BCUT2D eigenvalue weighted by atomic mass is 10.7. The van der Waals surface area contributed by atoms with Gasteiger partial charge >= 0.3 is 11.9 Å². The molecule has 0 saturated heterocycles. The van der Waals surface area contributed by atoms with E-state index in [-0.39, 0.29) is 12.8 Å². The van der Waals surface area contributed by atoms with Gasteiger partial charge in [-0.25, -0.2) is 13.6 Å². The van der Waals surface area contributed by atoms with Crippen LogP contribution in [0, 0.1) is 0 Å². The van der Waals surface area contributed by atoms with Crippen LogP contribution in [-0.2, 0) is 9.59 Å². The van der Waals surface area contributed by atoms with E-state index in [0.29, 0.717) is 0 Å². The van der Waals surface area contributed by atoms with Crippen molar-refractivity contribution in [3.63, 3.8) is 0 Å². The van der Waals surface area contributed by atoms with Crippen LogP contribution in [0.1, 0.15) is 12.8 Å². The van der Waals surface area contributed by atoms with E-state index in [1.807, 2.05) is 0 Å². The van der Waals surface area contributed by atoms with E-state index in [4.69, 9.17) is 5.11 Å². The number of hydrogen-bond donors (Lipinski definition) is 2. The fourth-order valence-electron chi connectivity index (χ4n) is 0.0945. The third-order valence-corrected chi connectivity index (χ3v) is 0.839. The smallest absolute Gasteiger partial charge is 0.394 e. The Morgan fingerprint density at radius 2 is 1.55 bits per heavy atom. The fourth-order valence-corrected chi connectivity index (χ4v) is 0.0945. The number of aliphatic carboxylic acids is 1. The van der Waals surface area contributed by atoms with E-state index in [1.165, 1.54) is 0 Å². The van der Waals surface area contributed by atoms with Crippen molar-refractivity contribution in [2.75, 3.05) is 0 Å². The Kier molecular flexibility index (Phi) is 2.91. The van der Waals surface area contributed by atoms with Gasteiger partial charge in [0.15, 0.2) is 0 Å². The zero-order chi connectivity index (χ0) is 9.07. The van der Waals surface area contributed by atoms with Crippen molar-refractivity contribution >= 4 is 11.9 Å². The monoisotopic (exact) mass is 167 g/mol. The summed E-state index contributed by atoms with van der Waals surface area (Å²) < 4.78 is 22.3. The predicted octanol–water partition coefficient (Wildman–Crippen LogP) is -0.0282. The predicted molar refractivity (Wildman–Crippen MR) is 31.0 cm³/mol. The second kappa shape index (κ2) is 3.27. The molecule has 11 heavy (non-hydrogen) atoms. The molecule has 0 heterocycles. The Morgan fingerprint density at radius 3 is 1.55 bits per heavy atom. The van der Waals surface area contributed by atoms with Gasteiger partial charge in [0.2, 0.25) is 5.92 Å². The zero-order valence-corrected chi connectivity index (χ0v) is 5.51. The molecule has 0 unspecified atom stereocenters. The fraction of sp³-hybridized carbons (Fsp3) is 0.600. The molecule has 0 aromatic rings. The number of rotatable bonds is 0. The molecule has 4 nitrogen and oxygen atoms in total. The van der Waals surface area contributed by atoms with E-state index in [2.05, 4.69) is 5.73 Å². The molecular formula is C5H7F2NO3. The number of halogens is 2. The molecule has 0 aromatic carbocycles. The summed E-state index contributed by atoms with van der Waals surface area (Å²) in [5, 5.41) is 7.52. The van der Waals surface area contributed by atoms with Crippen molar-refractivity contribution in [2.24, 2.45) is 5.73 Å². The largest absolute Gasteiger partial charge is 0.474 e. The average molecular weight is 167 g/mol. The maximum atomic E-state index is 11.1. The van der Waals surface area contributed by atoms with Gasteiger partial charge in [-0.05, 0) is 0 Å². The van der Waals surface area contributed by atoms with Gasteiger partial charge in [-0.1, -0.05) is 0 Å². The van der Waals surface area contributed by atoms with Crippen LogP contribution in [0.4, 0.5) is 8.78 Å². The van der Waals surface area contributed by atoms with Gasteiger partial charge < -0.3 is 10.8 Å². The number of hydrogen-bond acceptors (Lipinski definition) is 2. The molecule has 0 atom stereocenters. The summed E-state index contributed by atoms with van der Waals surface area (Å²) in [6.07, 6.45) is 0.236. The summed E-state index contributed by atoms with van der Waals surface area (Å²) in [5.41, 5.74) is 4.20. The van der Waals surface area contributed by atoms with Crippen LogP contribution in [0.5, 0.6) is 0 Å². The Balaban J connectivity index is 0.000000183. The molecule has 3 N–H and O–H groups in total. The highest BCUT2D eigenvalue weighted by atomic mass is 19.3. The number of carbonyl (C=O) groups excluding carboxylic acids is 1. The van der Waals surface area contributed by atoms with E-state index >= 15 is 0 Å². The summed E-state index contributed by atoms with van der Waals surface area (Å²) >= 11 is 0. The first-order valence-corrected chi connectivity index (χ1v) is 2.76. The molecule has 6 heteroatoms. The SMILES string of the molecule is FC1(F)CC1.NC(=O)C(=O)O. The molecule has 1 aliphatic carbocycles.